The van der Waals surface area contributed by atoms with Crippen molar-refractivity contribution in [3.63, 3.8) is 0 Å². The van der Waals surface area contributed by atoms with Gasteiger partial charge >= 0.3 is 0 Å². The first kappa shape index (κ1) is 17.6. The van der Waals surface area contributed by atoms with E-state index in [4.69, 9.17) is 9.84 Å². The lowest BCUT2D eigenvalue weighted by molar-refractivity contribution is -0.891. The Hall–Kier alpha value is -1.76. The summed E-state index contributed by atoms with van der Waals surface area (Å²) in [6, 6.07) is 6.88. The van der Waals surface area contributed by atoms with E-state index in [1.165, 1.54) is 4.90 Å². The molecular weight excluding hydrogens is 296 g/mol. The van der Waals surface area contributed by atoms with Crippen LogP contribution < -0.4 is 0 Å². The van der Waals surface area contributed by atoms with E-state index in [0.717, 1.165) is 24.0 Å². The summed E-state index contributed by atoms with van der Waals surface area (Å²) in [4.78, 5) is 25.6. The Kier molecular flexibility index (Phi) is 5.87. The summed E-state index contributed by atoms with van der Waals surface area (Å²) in [7, 11) is 4.17. The van der Waals surface area contributed by atoms with E-state index in [9.17, 15) is 9.59 Å². The van der Waals surface area contributed by atoms with Gasteiger partial charge < -0.3 is 14.3 Å². The van der Waals surface area contributed by atoms with Gasteiger partial charge in [-0.1, -0.05) is 12.1 Å². The summed E-state index contributed by atoms with van der Waals surface area (Å²) >= 11 is 0. The Morgan fingerprint density at radius 2 is 1.65 bits per heavy atom. The van der Waals surface area contributed by atoms with Crippen LogP contribution >= 0.6 is 0 Å². The topological polar surface area (TPSA) is 66.8 Å². The summed E-state index contributed by atoms with van der Waals surface area (Å²) in [5.41, 5.74) is 0.943. The van der Waals surface area contributed by atoms with Crippen LogP contribution in [0.4, 0.5) is 0 Å². The molecule has 0 fully saturated rings. The van der Waals surface area contributed by atoms with Crippen molar-refractivity contribution in [2.75, 3.05) is 53.6 Å². The van der Waals surface area contributed by atoms with Gasteiger partial charge in [0.15, 0.2) is 0 Å². The zero-order valence-corrected chi connectivity index (χ0v) is 13.8. The second-order valence-corrected chi connectivity index (χ2v) is 6.38. The van der Waals surface area contributed by atoms with Gasteiger partial charge in [-0.15, -0.1) is 0 Å². The quantitative estimate of drug-likeness (QED) is 0.414. The molecule has 0 radical (unpaired) electrons. The summed E-state index contributed by atoms with van der Waals surface area (Å²) in [5.74, 6) is -0.485. The minimum absolute atomic E-state index is 0.197. The van der Waals surface area contributed by atoms with Crippen LogP contribution in [-0.4, -0.2) is 79.9 Å². The van der Waals surface area contributed by atoms with Gasteiger partial charge in [0, 0.05) is 13.0 Å². The molecule has 23 heavy (non-hydrogen) atoms. The number of ether oxygens (including phenoxy) is 1. The van der Waals surface area contributed by atoms with Crippen LogP contribution in [0.1, 0.15) is 27.1 Å². The highest BCUT2D eigenvalue weighted by molar-refractivity contribution is 6.21. The van der Waals surface area contributed by atoms with Crippen molar-refractivity contribution < 1.29 is 23.9 Å². The van der Waals surface area contributed by atoms with Gasteiger partial charge in [-0.3, -0.25) is 14.5 Å². The fourth-order valence-corrected chi connectivity index (χ4v) is 2.62. The van der Waals surface area contributed by atoms with E-state index >= 15 is 0 Å². The first-order valence-corrected chi connectivity index (χ1v) is 7.92. The Bertz CT molecular complexity index is 536. The molecule has 1 aliphatic rings. The molecule has 6 heteroatoms. The summed E-state index contributed by atoms with van der Waals surface area (Å²) in [6.45, 7) is 3.08. The highest BCUT2D eigenvalue weighted by atomic mass is 16.5. The van der Waals surface area contributed by atoms with E-state index < -0.39 is 0 Å². The van der Waals surface area contributed by atoms with Crippen molar-refractivity contribution in [3.05, 3.63) is 35.4 Å². The summed E-state index contributed by atoms with van der Waals surface area (Å²) in [5, 5.41) is 8.87. The highest BCUT2D eigenvalue weighted by Crippen LogP contribution is 2.21. The lowest BCUT2D eigenvalue weighted by atomic mass is 10.1. The number of imide groups is 1. The van der Waals surface area contributed by atoms with E-state index in [-0.39, 0.29) is 25.0 Å². The number of aliphatic hydroxyl groups is 1. The number of nitrogens with zero attached hydrogens (tertiary/aromatic N) is 2. The van der Waals surface area contributed by atoms with Gasteiger partial charge in [0.2, 0.25) is 0 Å². The average molecular weight is 321 g/mol. The maximum atomic E-state index is 12.2. The maximum absolute atomic E-state index is 12.2. The Morgan fingerprint density at radius 1 is 1.04 bits per heavy atom. The number of carbonyl (C=O) groups is 2. The number of aliphatic hydroxyl groups excluding tert-OH is 1. The maximum Gasteiger partial charge on any atom is 0.261 e. The number of hydrogen-bond donors (Lipinski definition) is 1. The SMILES string of the molecule is C[N+](C)(CCCO)CCOCCN1C(=O)c2ccccc2C1=O. The molecule has 0 unspecified atom stereocenters. The largest absolute Gasteiger partial charge is 0.396 e. The Balaban J connectivity index is 1.74. The number of amides is 2. The highest BCUT2D eigenvalue weighted by Gasteiger charge is 2.34. The first-order valence-electron chi connectivity index (χ1n) is 7.92. The molecule has 0 bridgehead atoms. The molecule has 2 amide bonds. The van der Waals surface area contributed by atoms with Crippen molar-refractivity contribution in [3.8, 4) is 0 Å². The number of rotatable bonds is 9. The Labute approximate surface area is 136 Å². The summed E-state index contributed by atoms with van der Waals surface area (Å²) in [6.07, 6.45) is 0.766. The van der Waals surface area contributed by atoms with Crippen LogP contribution in [-0.2, 0) is 4.74 Å². The standard InChI is InChI=1S/C17H25N2O4/c1-19(2,9-5-11-20)10-13-23-12-8-18-16(21)14-6-3-4-7-15(14)17(18)22/h3-4,6-7,20H,5,8-13H2,1-2H3/q+1. The minimum Gasteiger partial charge on any atom is -0.396 e. The average Bonchev–Trinajstić information content (AvgIpc) is 2.78. The van der Waals surface area contributed by atoms with Crippen molar-refractivity contribution in [1.82, 2.24) is 4.90 Å². The van der Waals surface area contributed by atoms with E-state index in [0.29, 0.717) is 24.3 Å². The molecular formula is C17H25N2O4+. The van der Waals surface area contributed by atoms with Gasteiger partial charge in [0.05, 0.1) is 51.5 Å². The van der Waals surface area contributed by atoms with Crippen LogP contribution in [0, 0.1) is 0 Å². The van der Waals surface area contributed by atoms with Crippen LogP contribution in [0.25, 0.3) is 0 Å². The lowest BCUT2D eigenvalue weighted by Gasteiger charge is -2.29. The van der Waals surface area contributed by atoms with Gasteiger partial charge in [0.25, 0.3) is 11.8 Å². The number of fused-ring (bicyclic) bond motifs is 1. The van der Waals surface area contributed by atoms with Gasteiger partial charge in [-0.25, -0.2) is 0 Å². The number of hydrogen-bond acceptors (Lipinski definition) is 4. The number of likely N-dealkylation sites (N-methyl/N-ethyl adjacent to an activating group) is 1. The molecule has 0 aromatic heterocycles. The van der Waals surface area contributed by atoms with Gasteiger partial charge in [-0.2, -0.15) is 0 Å². The molecule has 1 N–H and O–H groups in total. The third kappa shape index (κ3) is 4.37. The molecule has 0 spiro atoms. The Morgan fingerprint density at radius 3 is 2.22 bits per heavy atom. The van der Waals surface area contributed by atoms with Gasteiger partial charge in [0.1, 0.15) is 6.54 Å². The molecule has 1 heterocycles. The molecule has 6 nitrogen and oxygen atoms in total. The third-order valence-electron chi connectivity index (χ3n) is 4.10. The van der Waals surface area contributed by atoms with Gasteiger partial charge in [-0.05, 0) is 12.1 Å². The summed E-state index contributed by atoms with van der Waals surface area (Å²) < 4.78 is 6.35. The van der Waals surface area contributed by atoms with Crippen LogP contribution in [0.2, 0.25) is 0 Å². The van der Waals surface area contributed by atoms with E-state index in [2.05, 4.69) is 14.1 Å². The zero-order valence-electron chi connectivity index (χ0n) is 13.8. The molecule has 1 aromatic carbocycles. The zero-order chi connectivity index (χ0) is 16.9. The molecule has 0 aliphatic carbocycles. The smallest absolute Gasteiger partial charge is 0.261 e. The second-order valence-electron chi connectivity index (χ2n) is 6.38. The predicted molar refractivity (Wildman–Crippen MR) is 86.2 cm³/mol. The third-order valence-corrected chi connectivity index (χ3v) is 4.10. The van der Waals surface area contributed by atoms with Crippen molar-refractivity contribution in [2.45, 2.75) is 6.42 Å². The number of carbonyl (C=O) groups excluding carboxylic acids is 2. The number of benzene rings is 1. The van der Waals surface area contributed by atoms with Crippen LogP contribution in [0.3, 0.4) is 0 Å². The second kappa shape index (κ2) is 7.68. The van der Waals surface area contributed by atoms with Crippen LogP contribution in [0.15, 0.2) is 24.3 Å². The van der Waals surface area contributed by atoms with Crippen molar-refractivity contribution in [1.29, 1.82) is 0 Å². The van der Waals surface area contributed by atoms with Crippen molar-refractivity contribution in [2.24, 2.45) is 0 Å². The first-order chi connectivity index (χ1) is 11.0. The van der Waals surface area contributed by atoms with E-state index in [1.807, 2.05) is 0 Å². The molecule has 0 saturated carbocycles. The molecule has 2 rings (SSSR count). The van der Waals surface area contributed by atoms with Crippen LogP contribution in [0.5, 0.6) is 0 Å². The monoisotopic (exact) mass is 321 g/mol. The molecule has 126 valence electrons. The molecule has 1 aromatic rings. The fraction of sp³-hybridized carbons (Fsp3) is 0.529. The minimum atomic E-state index is -0.242. The van der Waals surface area contributed by atoms with E-state index in [1.54, 1.807) is 24.3 Å². The normalized spacial score (nSPS) is 14.5. The molecule has 0 saturated heterocycles. The number of quaternary nitrogens is 1. The molecule has 0 atom stereocenters. The predicted octanol–water partition coefficient (Wildman–Crippen LogP) is 0.758. The lowest BCUT2D eigenvalue weighted by Crippen LogP contribution is -2.43. The fourth-order valence-electron chi connectivity index (χ4n) is 2.62. The van der Waals surface area contributed by atoms with Crippen molar-refractivity contribution >= 4 is 11.8 Å². The molecule has 1 aliphatic heterocycles.